The predicted octanol–water partition coefficient (Wildman–Crippen LogP) is 0.341. The molecule has 0 heterocycles. The number of nitrogens with two attached hydrogens (primary N) is 1. The average molecular weight is 336 g/mol. The summed E-state index contributed by atoms with van der Waals surface area (Å²) in [5, 5.41) is 2.50. The Kier molecular flexibility index (Phi) is 5.46. The first-order valence-electron chi connectivity index (χ1n) is 5.46. The Labute approximate surface area is 127 Å². The number of carbonyl (C=O) groups is 1. The normalized spacial score (nSPS) is 11.4. The molecule has 6 nitrogen and oxygen atoms in total. The number of nitrogens with one attached hydrogen (secondary N) is 1. The van der Waals surface area contributed by atoms with Crippen LogP contribution in [0.25, 0.3) is 0 Å². The van der Waals surface area contributed by atoms with Gasteiger partial charge in [0.05, 0.1) is 16.5 Å². The van der Waals surface area contributed by atoms with Crippen molar-refractivity contribution in [3.8, 4) is 0 Å². The first-order chi connectivity index (χ1) is 9.20. The van der Waals surface area contributed by atoms with E-state index in [9.17, 15) is 13.2 Å². The maximum absolute atomic E-state index is 12.2. The van der Waals surface area contributed by atoms with Crippen LogP contribution < -0.4 is 11.1 Å². The minimum Gasteiger partial charge on any atom is -0.389 e. The van der Waals surface area contributed by atoms with Crippen molar-refractivity contribution in [3.05, 3.63) is 28.8 Å². The van der Waals surface area contributed by atoms with Crippen LogP contribution >= 0.6 is 23.8 Å². The molecule has 1 amide bonds. The van der Waals surface area contributed by atoms with Crippen molar-refractivity contribution in [1.29, 1.82) is 0 Å². The van der Waals surface area contributed by atoms with Gasteiger partial charge in [-0.1, -0.05) is 23.8 Å². The minimum atomic E-state index is -3.81. The molecule has 0 aliphatic rings. The summed E-state index contributed by atoms with van der Waals surface area (Å²) in [6.45, 7) is -0.284. The van der Waals surface area contributed by atoms with Gasteiger partial charge in [0, 0.05) is 19.7 Å². The van der Waals surface area contributed by atoms with Crippen molar-refractivity contribution in [2.45, 2.75) is 4.90 Å². The number of thiocarbonyl (C=S) groups is 1. The van der Waals surface area contributed by atoms with Gasteiger partial charge >= 0.3 is 0 Å². The molecule has 1 aromatic carbocycles. The average Bonchev–Trinajstić information content (AvgIpc) is 2.37. The van der Waals surface area contributed by atoms with E-state index in [1.807, 2.05) is 0 Å². The van der Waals surface area contributed by atoms with Crippen molar-refractivity contribution in [3.63, 3.8) is 0 Å². The van der Waals surface area contributed by atoms with Crippen LogP contribution in [0.2, 0.25) is 5.02 Å². The van der Waals surface area contributed by atoms with Gasteiger partial charge < -0.3 is 11.1 Å². The van der Waals surface area contributed by atoms with Crippen molar-refractivity contribution in [2.75, 3.05) is 20.6 Å². The van der Waals surface area contributed by atoms with Crippen LogP contribution in [0, 0.1) is 0 Å². The molecule has 0 fully saturated rings. The number of halogens is 1. The topological polar surface area (TPSA) is 92.5 Å². The molecular formula is C11H14ClN3O3S2. The van der Waals surface area contributed by atoms with Gasteiger partial charge in [-0.2, -0.15) is 4.31 Å². The summed E-state index contributed by atoms with van der Waals surface area (Å²) < 4.78 is 25.4. The van der Waals surface area contributed by atoms with Gasteiger partial charge in [-0.25, -0.2) is 8.42 Å². The maximum Gasteiger partial charge on any atom is 0.243 e. The molecule has 1 rings (SSSR count). The Morgan fingerprint density at radius 1 is 1.50 bits per heavy atom. The second kappa shape index (κ2) is 6.49. The monoisotopic (exact) mass is 335 g/mol. The van der Waals surface area contributed by atoms with E-state index in [-0.39, 0.29) is 21.5 Å². The van der Waals surface area contributed by atoms with Gasteiger partial charge in [-0.05, 0) is 18.2 Å². The number of likely N-dealkylation sites (N-methyl/N-ethyl adjacent to an activating group) is 2. The third-order valence-corrected chi connectivity index (χ3v) is 4.89. The predicted molar refractivity (Wildman–Crippen MR) is 81.2 cm³/mol. The molecule has 0 saturated heterocycles. The fourth-order valence-corrected chi connectivity index (χ4v) is 3.14. The number of nitrogens with zero attached hydrogens (tertiary/aromatic N) is 1. The molecule has 0 saturated carbocycles. The zero-order valence-electron chi connectivity index (χ0n) is 10.9. The Hall–Kier alpha value is -1.22. The van der Waals surface area contributed by atoms with Crippen LogP contribution in [0.3, 0.4) is 0 Å². The van der Waals surface area contributed by atoms with Crippen molar-refractivity contribution in [2.24, 2.45) is 5.73 Å². The van der Waals surface area contributed by atoms with E-state index in [1.165, 1.54) is 32.3 Å². The molecule has 9 heteroatoms. The number of hydrogen-bond acceptors (Lipinski definition) is 4. The lowest BCUT2D eigenvalue weighted by Gasteiger charge is -2.16. The van der Waals surface area contributed by atoms with Crippen molar-refractivity contribution >= 4 is 44.7 Å². The zero-order valence-corrected chi connectivity index (χ0v) is 13.3. The van der Waals surface area contributed by atoms with Gasteiger partial charge in [0.2, 0.25) is 15.9 Å². The highest BCUT2D eigenvalue weighted by Gasteiger charge is 2.23. The van der Waals surface area contributed by atoms with Crippen molar-refractivity contribution in [1.82, 2.24) is 9.62 Å². The summed E-state index contributed by atoms with van der Waals surface area (Å²) in [6, 6.07) is 4.03. The first-order valence-corrected chi connectivity index (χ1v) is 7.69. The van der Waals surface area contributed by atoms with Crippen LogP contribution in [-0.4, -0.2) is 44.3 Å². The summed E-state index contributed by atoms with van der Waals surface area (Å²) in [4.78, 5) is 11.3. The van der Waals surface area contributed by atoms with Crippen molar-refractivity contribution < 1.29 is 13.2 Å². The number of hydrogen-bond donors (Lipinski definition) is 2. The van der Waals surface area contributed by atoms with Crippen LogP contribution in [0.1, 0.15) is 5.56 Å². The number of amides is 1. The van der Waals surface area contributed by atoms with Gasteiger partial charge in [-0.15, -0.1) is 0 Å². The van der Waals surface area contributed by atoms with E-state index >= 15 is 0 Å². The third-order valence-electron chi connectivity index (χ3n) is 2.56. The molecular weight excluding hydrogens is 322 g/mol. The highest BCUT2D eigenvalue weighted by molar-refractivity contribution is 7.89. The Balaban J connectivity index is 3.13. The highest BCUT2D eigenvalue weighted by Crippen LogP contribution is 2.22. The Bertz CT molecular complexity index is 646. The van der Waals surface area contributed by atoms with E-state index in [1.54, 1.807) is 0 Å². The van der Waals surface area contributed by atoms with Crippen LogP contribution in [-0.2, 0) is 14.8 Å². The molecule has 110 valence electrons. The molecule has 20 heavy (non-hydrogen) atoms. The van der Waals surface area contributed by atoms with Gasteiger partial charge in [-0.3, -0.25) is 4.79 Å². The smallest absolute Gasteiger partial charge is 0.243 e. The summed E-state index contributed by atoms with van der Waals surface area (Å²) in [6.07, 6.45) is 0. The SMILES string of the molecule is CNC(=O)CN(C)S(=O)(=O)c1ccc(C(N)=S)c(Cl)c1. The van der Waals surface area contributed by atoms with Gasteiger partial charge in [0.1, 0.15) is 4.99 Å². The molecule has 0 unspecified atom stereocenters. The fourth-order valence-electron chi connectivity index (χ4n) is 1.40. The summed E-state index contributed by atoms with van der Waals surface area (Å²) in [5.41, 5.74) is 5.85. The molecule has 0 aliphatic carbocycles. The summed E-state index contributed by atoms with van der Waals surface area (Å²) in [7, 11) is -1.07. The molecule has 0 spiro atoms. The van der Waals surface area contributed by atoms with Crippen LogP contribution in [0.4, 0.5) is 0 Å². The molecule has 0 bridgehead atoms. The molecule has 0 atom stereocenters. The second-order valence-corrected chi connectivity index (χ2v) is 6.83. The van der Waals surface area contributed by atoms with E-state index in [2.05, 4.69) is 5.32 Å². The molecule has 1 aromatic rings. The second-order valence-electron chi connectivity index (χ2n) is 3.94. The van der Waals surface area contributed by atoms with E-state index < -0.39 is 15.9 Å². The maximum atomic E-state index is 12.2. The Morgan fingerprint density at radius 2 is 2.10 bits per heavy atom. The Morgan fingerprint density at radius 3 is 2.55 bits per heavy atom. The van der Waals surface area contributed by atoms with E-state index in [0.29, 0.717) is 5.56 Å². The first kappa shape index (κ1) is 16.8. The van der Waals surface area contributed by atoms with E-state index in [0.717, 1.165) is 4.31 Å². The lowest BCUT2D eigenvalue weighted by molar-refractivity contribution is -0.120. The van der Waals surface area contributed by atoms with Gasteiger partial charge in [0.15, 0.2) is 0 Å². The standard InChI is InChI=1S/C11H14ClN3O3S2/c1-14-10(16)6-15(2)20(17,18)7-3-4-8(11(13)19)9(12)5-7/h3-5H,6H2,1-2H3,(H2,13,19)(H,14,16). The van der Waals surface area contributed by atoms with E-state index in [4.69, 9.17) is 29.6 Å². The molecule has 0 aromatic heterocycles. The number of carbonyl (C=O) groups excluding carboxylic acids is 1. The minimum absolute atomic E-state index is 0.0334. The van der Waals surface area contributed by atoms with Crippen LogP contribution in [0.15, 0.2) is 23.1 Å². The molecule has 3 N–H and O–H groups in total. The largest absolute Gasteiger partial charge is 0.389 e. The number of sulfonamides is 1. The summed E-state index contributed by atoms with van der Waals surface area (Å²) in [5.74, 6) is -0.415. The number of rotatable bonds is 5. The highest BCUT2D eigenvalue weighted by atomic mass is 35.5. The molecule has 0 aliphatic heterocycles. The van der Waals surface area contributed by atoms with Crippen LogP contribution in [0.5, 0.6) is 0 Å². The van der Waals surface area contributed by atoms with Gasteiger partial charge in [0.25, 0.3) is 0 Å². The lowest BCUT2D eigenvalue weighted by Crippen LogP contribution is -2.36. The number of benzene rings is 1. The quantitative estimate of drug-likeness (QED) is 0.757. The third kappa shape index (κ3) is 3.66. The zero-order chi connectivity index (χ0) is 15.5. The summed E-state index contributed by atoms with van der Waals surface area (Å²) >= 11 is 10.7. The lowest BCUT2D eigenvalue weighted by atomic mass is 10.2. The molecule has 0 radical (unpaired) electrons. The fraction of sp³-hybridized carbons (Fsp3) is 0.273.